The minimum atomic E-state index is -0.353. The van der Waals surface area contributed by atoms with E-state index in [1.807, 2.05) is 32.0 Å². The van der Waals surface area contributed by atoms with Crippen molar-refractivity contribution in [2.45, 2.75) is 20.3 Å². The van der Waals surface area contributed by atoms with Crippen LogP contribution in [0.2, 0.25) is 5.02 Å². The van der Waals surface area contributed by atoms with Crippen molar-refractivity contribution in [1.29, 1.82) is 0 Å². The summed E-state index contributed by atoms with van der Waals surface area (Å²) >= 11 is 5.94. The first-order valence-electron chi connectivity index (χ1n) is 9.22. The first-order valence-corrected chi connectivity index (χ1v) is 9.60. The van der Waals surface area contributed by atoms with Gasteiger partial charge in [-0.15, -0.1) is 0 Å². The lowest BCUT2D eigenvalue weighted by Gasteiger charge is -2.12. The molecular weight excluding hydrogens is 380 g/mol. The largest absolute Gasteiger partial charge is 0.490 e. The Bertz CT molecular complexity index is 811. The average molecular weight is 405 g/mol. The normalized spacial score (nSPS) is 10.2. The molecule has 7 heteroatoms. The molecule has 0 radical (unpaired) electrons. The highest BCUT2D eigenvalue weighted by molar-refractivity contribution is 6.30. The molecule has 2 N–H and O–H groups in total. The Labute approximate surface area is 170 Å². The van der Waals surface area contributed by atoms with Gasteiger partial charge in [-0.2, -0.15) is 0 Å². The number of hydrogen-bond acceptors (Lipinski definition) is 4. The van der Waals surface area contributed by atoms with Crippen LogP contribution in [0.3, 0.4) is 0 Å². The smallest absolute Gasteiger partial charge is 0.251 e. The Morgan fingerprint density at radius 2 is 1.71 bits per heavy atom. The minimum absolute atomic E-state index is 0.106. The highest BCUT2D eigenvalue weighted by Crippen LogP contribution is 2.28. The molecule has 0 aliphatic rings. The van der Waals surface area contributed by atoms with Crippen molar-refractivity contribution < 1.29 is 19.1 Å². The molecule has 0 heterocycles. The zero-order valence-electron chi connectivity index (χ0n) is 16.1. The van der Waals surface area contributed by atoms with Gasteiger partial charge in [0.15, 0.2) is 11.5 Å². The summed E-state index contributed by atoms with van der Waals surface area (Å²) in [7, 11) is 0. The monoisotopic (exact) mass is 404 g/mol. The number of carbonyl (C=O) groups excluding carboxylic acids is 2. The first kappa shape index (κ1) is 21.6. The average Bonchev–Trinajstić information content (AvgIpc) is 2.68. The third kappa shape index (κ3) is 6.78. The van der Waals surface area contributed by atoms with E-state index in [4.69, 9.17) is 21.1 Å². The van der Waals surface area contributed by atoms with Crippen molar-refractivity contribution in [3.63, 3.8) is 0 Å². The third-order valence-electron chi connectivity index (χ3n) is 3.84. The van der Waals surface area contributed by atoms with Crippen LogP contribution in [0.1, 0.15) is 29.8 Å². The lowest BCUT2D eigenvalue weighted by Crippen LogP contribution is -2.37. The Balaban J connectivity index is 1.82. The molecule has 0 aliphatic heterocycles. The zero-order chi connectivity index (χ0) is 20.4. The van der Waals surface area contributed by atoms with Crippen LogP contribution in [0.5, 0.6) is 11.5 Å². The van der Waals surface area contributed by atoms with Gasteiger partial charge in [0.25, 0.3) is 5.91 Å². The van der Waals surface area contributed by atoms with E-state index in [0.29, 0.717) is 48.3 Å². The Kier molecular flexibility index (Phi) is 8.62. The lowest BCUT2D eigenvalue weighted by molar-refractivity contribution is -0.120. The van der Waals surface area contributed by atoms with Crippen LogP contribution in [0.4, 0.5) is 0 Å². The van der Waals surface area contributed by atoms with E-state index in [2.05, 4.69) is 10.6 Å². The summed E-state index contributed by atoms with van der Waals surface area (Å²) in [6.07, 6.45) is 0.664. The third-order valence-corrected chi connectivity index (χ3v) is 4.08. The number of hydrogen-bond donors (Lipinski definition) is 2. The molecule has 0 fully saturated rings. The van der Waals surface area contributed by atoms with Gasteiger partial charge in [0.05, 0.1) is 19.8 Å². The fourth-order valence-corrected chi connectivity index (χ4v) is 2.77. The summed E-state index contributed by atoms with van der Waals surface area (Å²) in [5.74, 6) is 0.475. The summed E-state index contributed by atoms with van der Waals surface area (Å²) in [6, 6.07) is 12.4. The highest BCUT2D eigenvalue weighted by atomic mass is 35.5. The van der Waals surface area contributed by atoms with Crippen molar-refractivity contribution in [3.8, 4) is 11.5 Å². The maximum atomic E-state index is 12.3. The van der Waals surface area contributed by atoms with E-state index in [9.17, 15) is 9.59 Å². The topological polar surface area (TPSA) is 76.7 Å². The molecule has 0 aliphatic carbocycles. The van der Waals surface area contributed by atoms with Crippen LogP contribution >= 0.6 is 11.6 Å². The first-order chi connectivity index (χ1) is 13.5. The second-order valence-electron chi connectivity index (χ2n) is 5.94. The van der Waals surface area contributed by atoms with E-state index in [1.54, 1.807) is 24.3 Å². The number of carbonyl (C=O) groups is 2. The van der Waals surface area contributed by atoms with Gasteiger partial charge in [-0.05, 0) is 56.2 Å². The van der Waals surface area contributed by atoms with Gasteiger partial charge in [0.2, 0.25) is 5.91 Å². The van der Waals surface area contributed by atoms with Gasteiger partial charge in [-0.3, -0.25) is 9.59 Å². The number of nitrogens with one attached hydrogen (secondary N) is 2. The van der Waals surface area contributed by atoms with Crippen molar-refractivity contribution in [3.05, 3.63) is 58.6 Å². The predicted octanol–water partition coefficient (Wildman–Crippen LogP) is 3.23. The van der Waals surface area contributed by atoms with E-state index in [0.717, 1.165) is 5.56 Å². The summed E-state index contributed by atoms with van der Waals surface area (Å²) in [4.78, 5) is 24.3. The molecular formula is C21H25ClN2O4. The standard InChI is InChI=1S/C21H25ClN2O4/c1-3-27-18-9-8-16(13-19(18)28-4-2)21(26)24-14-20(25)23-11-10-15-6-5-7-17(22)12-15/h5-9,12-13H,3-4,10-11,14H2,1-2H3,(H,23,25)(H,24,26). The molecule has 0 bridgehead atoms. The van der Waals surface area contributed by atoms with Crippen LogP contribution in [-0.2, 0) is 11.2 Å². The number of halogens is 1. The summed E-state index contributed by atoms with van der Waals surface area (Å²) in [5, 5.41) is 6.05. The van der Waals surface area contributed by atoms with Crippen molar-refractivity contribution >= 4 is 23.4 Å². The molecule has 2 amide bonds. The number of amides is 2. The van der Waals surface area contributed by atoms with Gasteiger partial charge in [0.1, 0.15) is 0 Å². The quantitative estimate of drug-likeness (QED) is 0.637. The lowest BCUT2D eigenvalue weighted by atomic mass is 10.1. The zero-order valence-corrected chi connectivity index (χ0v) is 16.8. The van der Waals surface area contributed by atoms with E-state index >= 15 is 0 Å². The number of ether oxygens (including phenoxy) is 2. The number of benzene rings is 2. The van der Waals surface area contributed by atoms with Crippen LogP contribution in [0.25, 0.3) is 0 Å². The molecule has 0 unspecified atom stereocenters. The molecule has 2 aromatic carbocycles. The van der Waals surface area contributed by atoms with Crippen molar-refractivity contribution in [1.82, 2.24) is 10.6 Å². The molecule has 0 spiro atoms. The van der Waals surface area contributed by atoms with Crippen molar-refractivity contribution in [2.75, 3.05) is 26.3 Å². The molecule has 0 saturated carbocycles. The van der Waals surface area contributed by atoms with Crippen molar-refractivity contribution in [2.24, 2.45) is 0 Å². The molecule has 28 heavy (non-hydrogen) atoms. The second kappa shape index (κ2) is 11.2. The maximum absolute atomic E-state index is 12.3. The SMILES string of the molecule is CCOc1ccc(C(=O)NCC(=O)NCCc2cccc(Cl)c2)cc1OCC. The maximum Gasteiger partial charge on any atom is 0.251 e. The van der Waals surface area contributed by atoms with Gasteiger partial charge in [-0.25, -0.2) is 0 Å². The summed E-state index contributed by atoms with van der Waals surface area (Å²) < 4.78 is 11.0. The molecule has 150 valence electrons. The molecule has 0 aromatic heterocycles. The molecule has 0 atom stereocenters. The highest BCUT2D eigenvalue weighted by Gasteiger charge is 2.12. The number of rotatable bonds is 10. The fourth-order valence-electron chi connectivity index (χ4n) is 2.56. The van der Waals surface area contributed by atoms with E-state index < -0.39 is 0 Å². The van der Waals surface area contributed by atoms with Crippen LogP contribution in [0, 0.1) is 0 Å². The Hall–Kier alpha value is -2.73. The minimum Gasteiger partial charge on any atom is -0.490 e. The second-order valence-corrected chi connectivity index (χ2v) is 6.38. The Morgan fingerprint density at radius 3 is 2.43 bits per heavy atom. The van der Waals surface area contributed by atoms with Gasteiger partial charge >= 0.3 is 0 Å². The fraction of sp³-hybridized carbons (Fsp3) is 0.333. The molecule has 2 aromatic rings. The predicted molar refractivity (Wildman–Crippen MR) is 109 cm³/mol. The van der Waals surface area contributed by atoms with Gasteiger partial charge < -0.3 is 20.1 Å². The van der Waals surface area contributed by atoms with Crippen LogP contribution < -0.4 is 20.1 Å². The molecule has 0 saturated heterocycles. The Morgan fingerprint density at radius 1 is 0.964 bits per heavy atom. The van der Waals surface area contributed by atoms with Gasteiger partial charge in [0, 0.05) is 17.1 Å². The summed E-state index contributed by atoms with van der Waals surface area (Å²) in [6.45, 7) is 5.05. The summed E-state index contributed by atoms with van der Waals surface area (Å²) in [5.41, 5.74) is 1.44. The van der Waals surface area contributed by atoms with Crippen LogP contribution in [-0.4, -0.2) is 38.1 Å². The van der Waals surface area contributed by atoms with E-state index in [1.165, 1.54) is 0 Å². The molecule has 2 rings (SSSR count). The van der Waals surface area contributed by atoms with Crippen LogP contribution in [0.15, 0.2) is 42.5 Å². The molecule has 6 nitrogen and oxygen atoms in total. The van der Waals surface area contributed by atoms with E-state index in [-0.39, 0.29) is 18.4 Å². The van der Waals surface area contributed by atoms with Gasteiger partial charge in [-0.1, -0.05) is 23.7 Å².